The predicted octanol–water partition coefficient (Wildman–Crippen LogP) is 4.29. The number of carbonyl (C=O) groups excluding carboxylic acids is 1. The van der Waals surface area contributed by atoms with E-state index in [4.69, 9.17) is 21.1 Å². The molecule has 3 rings (SSSR count). The highest BCUT2D eigenvalue weighted by molar-refractivity contribution is 6.30. The Morgan fingerprint density at radius 2 is 1.81 bits per heavy atom. The Morgan fingerprint density at radius 3 is 2.41 bits per heavy atom. The average Bonchev–Trinajstić information content (AvgIpc) is 2.62. The molecule has 1 heterocycles. The molecule has 0 bridgehead atoms. The normalized spacial score (nSPS) is 19.6. The predicted molar refractivity (Wildman–Crippen MR) is 101 cm³/mol. The Labute approximate surface area is 161 Å². The number of ether oxygens (including phenoxy) is 2. The Balaban J connectivity index is 1.74. The van der Waals surface area contributed by atoms with Crippen molar-refractivity contribution in [3.63, 3.8) is 0 Å². The van der Waals surface area contributed by atoms with E-state index in [1.165, 1.54) is 18.2 Å². The van der Waals surface area contributed by atoms with Crippen LogP contribution >= 0.6 is 11.6 Å². The van der Waals surface area contributed by atoms with Gasteiger partial charge in [0.1, 0.15) is 5.75 Å². The Kier molecular flexibility index (Phi) is 5.62. The quantitative estimate of drug-likeness (QED) is 0.574. The van der Waals surface area contributed by atoms with Crippen molar-refractivity contribution in [2.45, 2.75) is 26.1 Å². The van der Waals surface area contributed by atoms with Crippen LogP contribution in [0.15, 0.2) is 42.5 Å². The highest BCUT2D eigenvalue weighted by atomic mass is 35.5. The number of nitrogens with zero attached hydrogens (tertiary/aromatic N) is 2. The Morgan fingerprint density at radius 1 is 1.19 bits per heavy atom. The number of benzene rings is 2. The molecular weight excluding hydrogens is 372 g/mol. The molecule has 2 atom stereocenters. The lowest BCUT2D eigenvalue weighted by Crippen LogP contribution is -2.48. The maximum absolute atomic E-state index is 12.7. The van der Waals surface area contributed by atoms with Gasteiger partial charge in [0.15, 0.2) is 0 Å². The summed E-state index contributed by atoms with van der Waals surface area (Å²) in [5, 5.41) is 11.4. The number of carbonyl (C=O) groups is 1. The summed E-state index contributed by atoms with van der Waals surface area (Å²) in [5.74, 6) is 0.390. The first-order valence-corrected chi connectivity index (χ1v) is 8.88. The second kappa shape index (κ2) is 7.94. The number of nitro groups is 1. The van der Waals surface area contributed by atoms with Crippen LogP contribution in [0.3, 0.4) is 0 Å². The van der Waals surface area contributed by atoms with Crippen molar-refractivity contribution in [2.75, 3.05) is 13.1 Å². The first-order valence-electron chi connectivity index (χ1n) is 8.50. The zero-order valence-corrected chi connectivity index (χ0v) is 15.7. The molecule has 1 aliphatic heterocycles. The third kappa shape index (κ3) is 4.56. The van der Waals surface area contributed by atoms with Crippen LogP contribution in [-0.2, 0) is 4.74 Å². The summed E-state index contributed by atoms with van der Waals surface area (Å²) in [5.41, 5.74) is 0.299. The molecule has 7 nitrogen and oxygen atoms in total. The van der Waals surface area contributed by atoms with Crippen LogP contribution in [0, 0.1) is 10.1 Å². The van der Waals surface area contributed by atoms with Crippen LogP contribution < -0.4 is 4.74 Å². The lowest BCUT2D eigenvalue weighted by atomic mass is 10.1. The van der Waals surface area contributed by atoms with E-state index in [0.29, 0.717) is 24.4 Å². The molecule has 2 aromatic carbocycles. The summed E-state index contributed by atoms with van der Waals surface area (Å²) in [6, 6.07) is 10.7. The molecule has 1 fully saturated rings. The fraction of sp³-hybridized carbons (Fsp3) is 0.316. The third-order valence-electron chi connectivity index (χ3n) is 4.15. The van der Waals surface area contributed by atoms with Gasteiger partial charge in [-0.25, -0.2) is 0 Å². The van der Waals surface area contributed by atoms with Gasteiger partial charge in [-0.3, -0.25) is 14.9 Å². The maximum atomic E-state index is 12.7. The van der Waals surface area contributed by atoms with Gasteiger partial charge in [-0.15, -0.1) is 0 Å². The Bertz CT molecular complexity index is 846. The molecule has 2 aromatic rings. The lowest BCUT2D eigenvalue weighted by Gasteiger charge is -2.35. The average molecular weight is 391 g/mol. The number of halogens is 1. The van der Waals surface area contributed by atoms with E-state index in [1.54, 1.807) is 29.2 Å². The minimum atomic E-state index is -0.556. The molecule has 0 saturated carbocycles. The van der Waals surface area contributed by atoms with Crippen molar-refractivity contribution in [3.8, 4) is 11.5 Å². The maximum Gasteiger partial charge on any atom is 0.313 e. The van der Waals surface area contributed by atoms with Gasteiger partial charge in [0.05, 0.1) is 17.1 Å². The zero-order valence-electron chi connectivity index (χ0n) is 14.9. The van der Waals surface area contributed by atoms with Crippen LogP contribution in [0.25, 0.3) is 0 Å². The van der Waals surface area contributed by atoms with E-state index >= 15 is 0 Å². The number of hydrogen-bond donors (Lipinski definition) is 0. The fourth-order valence-electron chi connectivity index (χ4n) is 3.04. The summed E-state index contributed by atoms with van der Waals surface area (Å²) in [6.07, 6.45) is -0.0171. The largest absolute Gasteiger partial charge is 0.450 e. The highest BCUT2D eigenvalue weighted by Gasteiger charge is 2.26. The number of morpholine rings is 1. The van der Waals surface area contributed by atoms with Crippen molar-refractivity contribution >= 4 is 23.2 Å². The molecular formula is C19H19ClN2O5. The molecule has 27 heavy (non-hydrogen) atoms. The molecule has 1 saturated heterocycles. The van der Waals surface area contributed by atoms with E-state index in [0.717, 1.165) is 0 Å². The summed E-state index contributed by atoms with van der Waals surface area (Å²) >= 11 is 5.80. The van der Waals surface area contributed by atoms with Crippen molar-refractivity contribution < 1.29 is 19.2 Å². The van der Waals surface area contributed by atoms with Crippen LogP contribution in [0.5, 0.6) is 11.5 Å². The molecule has 8 heteroatoms. The van der Waals surface area contributed by atoms with E-state index < -0.39 is 4.92 Å². The van der Waals surface area contributed by atoms with E-state index in [9.17, 15) is 14.9 Å². The van der Waals surface area contributed by atoms with Crippen LogP contribution in [0.2, 0.25) is 5.02 Å². The van der Waals surface area contributed by atoms with Crippen molar-refractivity contribution in [2.24, 2.45) is 0 Å². The second-order valence-corrected chi connectivity index (χ2v) is 6.90. The van der Waals surface area contributed by atoms with Crippen molar-refractivity contribution in [1.82, 2.24) is 4.90 Å². The van der Waals surface area contributed by atoms with Gasteiger partial charge in [-0.1, -0.05) is 11.6 Å². The summed E-state index contributed by atoms with van der Waals surface area (Å²) < 4.78 is 11.2. The first-order chi connectivity index (χ1) is 12.8. The number of nitro benzene ring substituents is 1. The van der Waals surface area contributed by atoms with Gasteiger partial charge in [-0.05, 0) is 50.2 Å². The van der Waals surface area contributed by atoms with Crippen LogP contribution in [0.4, 0.5) is 5.69 Å². The fourth-order valence-corrected chi connectivity index (χ4v) is 3.20. The summed E-state index contributed by atoms with van der Waals surface area (Å²) in [6.45, 7) is 4.95. The standard InChI is InChI=1S/C19H19ClN2O5/c1-12-10-21(11-13(2)26-12)19(23)14-3-6-16(7-4-14)27-18-8-5-15(20)9-17(18)22(24)25/h3-9,12-13H,10-11H2,1-2H3. The molecule has 0 N–H and O–H groups in total. The SMILES string of the molecule is CC1CN(C(=O)c2ccc(Oc3ccc(Cl)cc3[N+](=O)[O-])cc2)CC(C)O1. The van der Waals surface area contributed by atoms with Gasteiger partial charge in [-0.2, -0.15) is 0 Å². The molecule has 0 radical (unpaired) electrons. The smallest absolute Gasteiger partial charge is 0.313 e. The molecule has 0 aliphatic carbocycles. The molecule has 0 aromatic heterocycles. The van der Waals surface area contributed by atoms with E-state index in [1.807, 2.05) is 13.8 Å². The monoisotopic (exact) mass is 390 g/mol. The topological polar surface area (TPSA) is 81.9 Å². The van der Waals surface area contributed by atoms with Gasteiger partial charge in [0.2, 0.25) is 5.75 Å². The van der Waals surface area contributed by atoms with E-state index in [-0.39, 0.29) is 34.6 Å². The molecule has 0 spiro atoms. The van der Waals surface area contributed by atoms with Crippen molar-refractivity contribution in [1.29, 1.82) is 0 Å². The van der Waals surface area contributed by atoms with Gasteiger partial charge in [0.25, 0.3) is 5.91 Å². The number of hydrogen-bond acceptors (Lipinski definition) is 5. The molecule has 1 aliphatic rings. The Hall–Kier alpha value is -2.64. The summed E-state index contributed by atoms with van der Waals surface area (Å²) in [4.78, 5) is 25.0. The molecule has 2 unspecified atom stereocenters. The zero-order chi connectivity index (χ0) is 19.6. The highest BCUT2D eigenvalue weighted by Crippen LogP contribution is 2.33. The summed E-state index contributed by atoms with van der Waals surface area (Å²) in [7, 11) is 0. The lowest BCUT2D eigenvalue weighted by molar-refractivity contribution is -0.385. The van der Waals surface area contributed by atoms with Crippen molar-refractivity contribution in [3.05, 3.63) is 63.2 Å². The number of amides is 1. The number of rotatable bonds is 4. The van der Waals surface area contributed by atoms with Gasteiger partial charge in [0, 0.05) is 29.7 Å². The van der Waals surface area contributed by atoms with Gasteiger partial charge >= 0.3 is 5.69 Å². The minimum Gasteiger partial charge on any atom is -0.450 e. The third-order valence-corrected chi connectivity index (χ3v) is 4.39. The van der Waals surface area contributed by atoms with E-state index in [2.05, 4.69) is 0 Å². The van der Waals surface area contributed by atoms with Crippen LogP contribution in [-0.4, -0.2) is 41.0 Å². The first kappa shape index (κ1) is 19.1. The second-order valence-electron chi connectivity index (χ2n) is 6.46. The molecule has 1 amide bonds. The van der Waals surface area contributed by atoms with Gasteiger partial charge < -0.3 is 14.4 Å². The van der Waals surface area contributed by atoms with Crippen LogP contribution in [0.1, 0.15) is 24.2 Å². The molecule has 142 valence electrons. The minimum absolute atomic E-state index is 0.00856.